The number of carbonyl (C=O) groups excluding carboxylic acids is 1. The van der Waals surface area contributed by atoms with Crippen LogP contribution in [0.1, 0.15) is 53.1 Å². The summed E-state index contributed by atoms with van der Waals surface area (Å²) in [6, 6.07) is 13.6. The van der Waals surface area contributed by atoms with Crippen molar-refractivity contribution in [3.63, 3.8) is 0 Å². The van der Waals surface area contributed by atoms with Crippen molar-refractivity contribution in [1.82, 2.24) is 14.8 Å². The second kappa shape index (κ2) is 8.82. The third-order valence-electron chi connectivity index (χ3n) is 5.28. The molecular weight excluding hydrogens is 418 g/mol. The number of rotatable bonds is 8. The van der Waals surface area contributed by atoms with Crippen LogP contribution in [-0.4, -0.2) is 25.8 Å². The summed E-state index contributed by atoms with van der Waals surface area (Å²) in [7, 11) is 0. The number of halogens is 1. The molecule has 0 unspecified atom stereocenters. The van der Waals surface area contributed by atoms with Gasteiger partial charge in [0.2, 0.25) is 0 Å². The number of Topliss-reactive ketones (excluding diaryl/α,β-unsaturated/α-hetero) is 1. The number of ketones is 1. The maximum Gasteiger partial charge on any atom is 0.192 e. The molecule has 1 saturated carbocycles. The van der Waals surface area contributed by atoms with E-state index in [4.69, 9.17) is 16.3 Å². The van der Waals surface area contributed by atoms with Gasteiger partial charge in [-0.05, 0) is 62.9 Å². The minimum atomic E-state index is -0.258. The number of aryl methyl sites for hydroxylation is 2. The second-order valence-electron chi connectivity index (χ2n) is 7.64. The van der Waals surface area contributed by atoms with Gasteiger partial charge >= 0.3 is 0 Å². The molecule has 1 aromatic heterocycles. The van der Waals surface area contributed by atoms with Crippen LogP contribution in [0.4, 0.5) is 0 Å². The number of carbonyl (C=O) groups is 1. The van der Waals surface area contributed by atoms with Gasteiger partial charge in [0.05, 0.1) is 10.3 Å². The van der Waals surface area contributed by atoms with E-state index in [9.17, 15) is 4.79 Å². The topological polar surface area (TPSA) is 57.0 Å². The van der Waals surface area contributed by atoms with E-state index < -0.39 is 0 Å². The first-order chi connectivity index (χ1) is 14.4. The van der Waals surface area contributed by atoms with Crippen molar-refractivity contribution in [1.29, 1.82) is 0 Å². The summed E-state index contributed by atoms with van der Waals surface area (Å²) in [6.07, 6.45) is 2.17. The molecule has 0 bridgehead atoms. The Bertz CT molecular complexity index is 1080. The fraction of sp³-hybridized carbons (Fsp3) is 0.348. The van der Waals surface area contributed by atoms with Crippen molar-refractivity contribution < 1.29 is 9.53 Å². The van der Waals surface area contributed by atoms with E-state index in [0.717, 1.165) is 34.9 Å². The van der Waals surface area contributed by atoms with Crippen LogP contribution < -0.4 is 4.74 Å². The number of hydrogen-bond acceptors (Lipinski definition) is 5. The van der Waals surface area contributed by atoms with Gasteiger partial charge in [-0.15, -0.1) is 10.2 Å². The lowest BCUT2D eigenvalue weighted by molar-refractivity contribution is 0.0993. The molecule has 1 fully saturated rings. The van der Waals surface area contributed by atoms with Crippen molar-refractivity contribution in [2.45, 2.75) is 56.7 Å². The molecule has 2 aromatic carbocycles. The highest BCUT2D eigenvalue weighted by Crippen LogP contribution is 2.40. The van der Waals surface area contributed by atoms with Crippen LogP contribution in [-0.2, 0) is 6.61 Å². The molecule has 5 nitrogen and oxygen atoms in total. The highest BCUT2D eigenvalue weighted by atomic mass is 35.5. The third kappa shape index (κ3) is 4.55. The van der Waals surface area contributed by atoms with Gasteiger partial charge in [-0.25, -0.2) is 0 Å². The first kappa shape index (κ1) is 20.9. The Morgan fingerprint density at radius 1 is 1.20 bits per heavy atom. The molecule has 3 aromatic rings. The van der Waals surface area contributed by atoms with Gasteiger partial charge in [0.15, 0.2) is 16.8 Å². The molecule has 0 spiro atoms. The van der Waals surface area contributed by atoms with Crippen LogP contribution >= 0.6 is 23.4 Å². The zero-order valence-corrected chi connectivity index (χ0v) is 18.8. The molecule has 0 N–H and O–H groups in total. The SMILES string of the molecule is Cc1ccc(C(=O)[C@H](C)Sc2nnc(COc3ccccc3Cl)n2C2CC2)cc1C. The van der Waals surface area contributed by atoms with Crippen LogP contribution in [0.15, 0.2) is 47.6 Å². The molecule has 0 amide bonds. The first-order valence-corrected chi connectivity index (χ1v) is 11.3. The zero-order chi connectivity index (χ0) is 21.3. The minimum absolute atomic E-state index is 0.0994. The number of nitrogens with zero attached hydrogens (tertiary/aromatic N) is 3. The largest absolute Gasteiger partial charge is 0.484 e. The molecule has 1 atom stereocenters. The molecular formula is C23H24ClN3O2S. The normalized spacial score (nSPS) is 14.5. The molecule has 1 aliphatic carbocycles. The zero-order valence-electron chi connectivity index (χ0n) is 17.3. The van der Waals surface area contributed by atoms with E-state index in [-0.39, 0.29) is 17.6 Å². The van der Waals surface area contributed by atoms with Gasteiger partial charge in [0.25, 0.3) is 0 Å². The summed E-state index contributed by atoms with van der Waals surface area (Å²) in [5.74, 6) is 1.48. The lowest BCUT2D eigenvalue weighted by atomic mass is 10.0. The van der Waals surface area contributed by atoms with Gasteiger partial charge < -0.3 is 4.74 Å². The van der Waals surface area contributed by atoms with E-state index >= 15 is 0 Å². The fourth-order valence-corrected chi connectivity index (χ4v) is 4.44. The van der Waals surface area contributed by atoms with E-state index in [1.807, 2.05) is 57.2 Å². The number of thioether (sulfide) groups is 1. The molecule has 30 heavy (non-hydrogen) atoms. The Hall–Kier alpha value is -2.31. The van der Waals surface area contributed by atoms with Crippen LogP contribution in [0.2, 0.25) is 5.02 Å². The maximum atomic E-state index is 12.9. The minimum Gasteiger partial charge on any atom is -0.484 e. The van der Waals surface area contributed by atoms with Crippen molar-refractivity contribution in [3.8, 4) is 5.75 Å². The number of benzene rings is 2. The summed E-state index contributed by atoms with van der Waals surface area (Å²) in [6.45, 7) is 6.28. The monoisotopic (exact) mass is 441 g/mol. The summed E-state index contributed by atoms with van der Waals surface area (Å²) in [5, 5.41) is 9.79. The smallest absolute Gasteiger partial charge is 0.192 e. The van der Waals surface area contributed by atoms with Crippen molar-refractivity contribution in [2.75, 3.05) is 0 Å². The Labute approximate surface area is 185 Å². The standard InChI is InChI=1S/C23H24ClN3O2S/c1-14-8-9-17(12-15(14)2)22(28)16(3)30-23-26-25-21(27(23)18-10-11-18)13-29-20-7-5-4-6-19(20)24/h4-9,12,16,18H,10-11,13H2,1-3H3/t16-/m0/s1. The predicted octanol–water partition coefficient (Wildman–Crippen LogP) is 5.83. The molecule has 1 heterocycles. The number of ether oxygens (including phenoxy) is 1. The maximum absolute atomic E-state index is 12.9. The van der Waals surface area contributed by atoms with E-state index in [1.165, 1.54) is 17.3 Å². The second-order valence-corrected chi connectivity index (χ2v) is 9.36. The summed E-state index contributed by atoms with van der Waals surface area (Å²) < 4.78 is 7.99. The Balaban J connectivity index is 1.49. The predicted molar refractivity (Wildman–Crippen MR) is 120 cm³/mol. The molecule has 0 saturated heterocycles. The molecule has 0 radical (unpaired) electrons. The average Bonchev–Trinajstić information content (AvgIpc) is 3.50. The van der Waals surface area contributed by atoms with Crippen LogP contribution in [0.25, 0.3) is 0 Å². The van der Waals surface area contributed by atoms with Gasteiger partial charge in [-0.2, -0.15) is 0 Å². The number of para-hydroxylation sites is 1. The van der Waals surface area contributed by atoms with E-state index in [2.05, 4.69) is 14.8 Å². The van der Waals surface area contributed by atoms with Gasteiger partial charge in [0, 0.05) is 11.6 Å². The molecule has 156 valence electrons. The number of hydrogen-bond donors (Lipinski definition) is 0. The van der Waals surface area contributed by atoms with E-state index in [0.29, 0.717) is 16.8 Å². The highest BCUT2D eigenvalue weighted by molar-refractivity contribution is 8.00. The Morgan fingerprint density at radius 2 is 1.97 bits per heavy atom. The molecule has 4 rings (SSSR count). The highest BCUT2D eigenvalue weighted by Gasteiger charge is 2.31. The van der Waals surface area contributed by atoms with Crippen molar-refractivity contribution >= 4 is 29.1 Å². The molecule has 1 aliphatic rings. The van der Waals surface area contributed by atoms with Gasteiger partial charge in [-0.3, -0.25) is 9.36 Å². The van der Waals surface area contributed by atoms with Crippen LogP contribution in [0.3, 0.4) is 0 Å². The average molecular weight is 442 g/mol. The Kier molecular flexibility index (Phi) is 6.16. The summed E-state index contributed by atoms with van der Waals surface area (Å²) >= 11 is 7.64. The first-order valence-electron chi connectivity index (χ1n) is 10.0. The Morgan fingerprint density at radius 3 is 2.67 bits per heavy atom. The third-order valence-corrected chi connectivity index (χ3v) is 6.65. The lowest BCUT2D eigenvalue weighted by Crippen LogP contribution is -2.15. The molecule has 7 heteroatoms. The summed E-state index contributed by atoms with van der Waals surface area (Å²) in [4.78, 5) is 12.9. The van der Waals surface area contributed by atoms with Crippen LogP contribution in [0.5, 0.6) is 5.75 Å². The quantitative estimate of drug-likeness (QED) is 0.325. The van der Waals surface area contributed by atoms with Gasteiger partial charge in [-0.1, -0.05) is 47.6 Å². The summed E-state index contributed by atoms with van der Waals surface area (Å²) in [5.41, 5.74) is 3.04. The van der Waals surface area contributed by atoms with Crippen LogP contribution in [0, 0.1) is 13.8 Å². The van der Waals surface area contributed by atoms with Crippen molar-refractivity contribution in [3.05, 3.63) is 70.0 Å². The lowest BCUT2D eigenvalue weighted by Gasteiger charge is -2.13. The number of aromatic nitrogens is 3. The van der Waals surface area contributed by atoms with E-state index in [1.54, 1.807) is 6.07 Å². The van der Waals surface area contributed by atoms with Crippen molar-refractivity contribution in [2.24, 2.45) is 0 Å². The van der Waals surface area contributed by atoms with Gasteiger partial charge in [0.1, 0.15) is 12.4 Å². The molecule has 0 aliphatic heterocycles. The fourth-order valence-electron chi connectivity index (χ4n) is 3.23.